The highest BCUT2D eigenvalue weighted by Gasteiger charge is 2.44. The minimum atomic E-state index is -0.656. The maximum absolute atomic E-state index is 13.8. The molecular formula is C26H26BrN3O3S. The number of thiazole rings is 1. The largest absolute Gasteiger partial charge is 0.503 e. The second-order valence-electron chi connectivity index (χ2n) is 8.50. The van der Waals surface area contributed by atoms with Gasteiger partial charge >= 0.3 is 0 Å². The van der Waals surface area contributed by atoms with Crippen LogP contribution in [0.15, 0.2) is 70.4 Å². The maximum atomic E-state index is 13.8. The Morgan fingerprint density at radius 2 is 1.82 bits per heavy atom. The Morgan fingerprint density at radius 3 is 2.47 bits per heavy atom. The number of benzene rings is 2. The first-order valence-corrected chi connectivity index (χ1v) is 12.6. The van der Waals surface area contributed by atoms with Crippen molar-refractivity contribution in [3.05, 3.63) is 86.5 Å². The summed E-state index contributed by atoms with van der Waals surface area (Å²) < 4.78 is 0.895. The van der Waals surface area contributed by atoms with Crippen LogP contribution in [0.25, 0.3) is 10.6 Å². The highest BCUT2D eigenvalue weighted by Crippen LogP contribution is 2.41. The number of hydrogen-bond donors (Lipinski definition) is 1. The number of Topliss-reactive ketones (excluding diaryl/α,β-unsaturated/α-hetero) is 1. The summed E-state index contributed by atoms with van der Waals surface area (Å²) in [6.45, 7) is 3.00. The zero-order chi connectivity index (χ0) is 24.4. The number of aliphatic hydroxyl groups is 1. The molecular weight excluding hydrogens is 514 g/mol. The number of aliphatic hydroxyl groups excluding tert-OH is 1. The van der Waals surface area contributed by atoms with Crippen LogP contribution in [-0.2, 0) is 4.79 Å². The summed E-state index contributed by atoms with van der Waals surface area (Å²) in [5.41, 5.74) is 2.40. The Bertz CT molecular complexity index is 1240. The lowest BCUT2D eigenvalue weighted by atomic mass is 9.95. The highest BCUT2D eigenvalue weighted by molar-refractivity contribution is 9.10. The molecule has 1 N–H and O–H groups in total. The molecule has 1 atom stereocenters. The standard InChI is InChI=1S/C26H26BrN3O3S/c1-16-24(34-25(28-16)18-8-5-4-6-9-18)22(31)20-21(17-10-12-19(27)13-11-17)30(26(33)23(20)32)15-7-14-29(2)3/h4-6,8-13,21,32H,7,14-15H2,1-3H3. The summed E-state index contributed by atoms with van der Waals surface area (Å²) in [6, 6.07) is 16.5. The number of halogens is 1. The molecule has 0 saturated carbocycles. The van der Waals surface area contributed by atoms with Gasteiger partial charge in [-0.15, -0.1) is 11.3 Å². The second kappa shape index (κ2) is 10.2. The first-order chi connectivity index (χ1) is 16.3. The third-order valence-corrected chi connectivity index (χ3v) is 7.50. The van der Waals surface area contributed by atoms with E-state index < -0.39 is 17.7 Å². The molecule has 0 radical (unpaired) electrons. The van der Waals surface area contributed by atoms with Crippen molar-refractivity contribution in [2.45, 2.75) is 19.4 Å². The number of carbonyl (C=O) groups excluding carboxylic acids is 2. The van der Waals surface area contributed by atoms with Gasteiger partial charge in [-0.25, -0.2) is 4.98 Å². The fourth-order valence-corrected chi connectivity index (χ4v) is 5.39. The van der Waals surface area contributed by atoms with E-state index in [0.29, 0.717) is 17.1 Å². The third-order valence-electron chi connectivity index (χ3n) is 5.76. The molecule has 3 aromatic rings. The number of carbonyl (C=O) groups is 2. The van der Waals surface area contributed by atoms with Crippen LogP contribution in [0.3, 0.4) is 0 Å². The maximum Gasteiger partial charge on any atom is 0.290 e. The van der Waals surface area contributed by atoms with Crippen LogP contribution in [0.2, 0.25) is 0 Å². The van der Waals surface area contributed by atoms with Gasteiger partial charge in [0.2, 0.25) is 5.78 Å². The molecule has 0 fully saturated rings. The number of amides is 1. The predicted octanol–water partition coefficient (Wildman–Crippen LogP) is 5.41. The molecule has 34 heavy (non-hydrogen) atoms. The Hall–Kier alpha value is -2.81. The SMILES string of the molecule is Cc1nc(-c2ccccc2)sc1C(=O)C1=C(O)C(=O)N(CCCN(C)C)C1c1ccc(Br)cc1. The number of aryl methyl sites for hydroxylation is 1. The molecule has 1 aliphatic heterocycles. The van der Waals surface area contributed by atoms with E-state index in [0.717, 1.165) is 33.6 Å². The molecule has 8 heteroatoms. The van der Waals surface area contributed by atoms with Gasteiger partial charge in [0.1, 0.15) is 5.01 Å². The van der Waals surface area contributed by atoms with Crippen molar-refractivity contribution in [3.8, 4) is 10.6 Å². The summed E-state index contributed by atoms with van der Waals surface area (Å²) in [5.74, 6) is -1.34. The zero-order valence-electron chi connectivity index (χ0n) is 19.3. The fourth-order valence-electron chi connectivity index (χ4n) is 4.10. The smallest absolute Gasteiger partial charge is 0.290 e. The van der Waals surface area contributed by atoms with Gasteiger partial charge in [0.05, 0.1) is 22.2 Å². The normalized spacial score (nSPS) is 16.1. The van der Waals surface area contributed by atoms with E-state index >= 15 is 0 Å². The van der Waals surface area contributed by atoms with E-state index in [1.54, 1.807) is 11.8 Å². The van der Waals surface area contributed by atoms with E-state index in [2.05, 4.69) is 20.9 Å². The number of nitrogens with zero attached hydrogens (tertiary/aromatic N) is 3. The van der Waals surface area contributed by atoms with Crippen molar-refractivity contribution >= 4 is 39.0 Å². The summed E-state index contributed by atoms with van der Waals surface area (Å²) in [4.78, 5) is 35.6. The van der Waals surface area contributed by atoms with Gasteiger partial charge in [-0.1, -0.05) is 58.4 Å². The second-order valence-corrected chi connectivity index (χ2v) is 10.4. The van der Waals surface area contributed by atoms with E-state index in [4.69, 9.17) is 0 Å². The summed E-state index contributed by atoms with van der Waals surface area (Å²) in [6.07, 6.45) is 0.720. The average Bonchev–Trinajstić information content (AvgIpc) is 3.32. The summed E-state index contributed by atoms with van der Waals surface area (Å²) in [7, 11) is 3.94. The Kier molecular flexibility index (Phi) is 7.30. The van der Waals surface area contributed by atoms with Crippen molar-refractivity contribution in [2.24, 2.45) is 0 Å². The Balaban J connectivity index is 1.73. The average molecular weight is 540 g/mol. The molecule has 0 saturated heterocycles. The topological polar surface area (TPSA) is 73.7 Å². The van der Waals surface area contributed by atoms with Crippen molar-refractivity contribution in [3.63, 3.8) is 0 Å². The quantitative estimate of drug-likeness (QED) is 0.387. The van der Waals surface area contributed by atoms with Gasteiger partial charge < -0.3 is 14.9 Å². The van der Waals surface area contributed by atoms with Gasteiger partial charge in [0.15, 0.2) is 5.76 Å². The number of rotatable bonds is 8. The van der Waals surface area contributed by atoms with Crippen molar-refractivity contribution in [1.82, 2.24) is 14.8 Å². The van der Waals surface area contributed by atoms with Crippen molar-refractivity contribution in [1.29, 1.82) is 0 Å². The number of aromatic nitrogens is 1. The lowest BCUT2D eigenvalue weighted by Crippen LogP contribution is -2.33. The Morgan fingerprint density at radius 1 is 1.15 bits per heavy atom. The summed E-state index contributed by atoms with van der Waals surface area (Å²) in [5, 5.41) is 11.6. The van der Waals surface area contributed by atoms with Crippen LogP contribution in [0.4, 0.5) is 0 Å². The van der Waals surface area contributed by atoms with Crippen LogP contribution in [-0.4, -0.2) is 58.8 Å². The fraction of sp³-hybridized carbons (Fsp3) is 0.269. The molecule has 0 spiro atoms. The third kappa shape index (κ3) is 4.85. The van der Waals surface area contributed by atoms with Crippen LogP contribution < -0.4 is 0 Å². The Labute approximate surface area is 211 Å². The zero-order valence-corrected chi connectivity index (χ0v) is 21.7. The van der Waals surface area contributed by atoms with E-state index in [1.807, 2.05) is 73.6 Å². The lowest BCUT2D eigenvalue weighted by molar-refractivity contribution is -0.129. The lowest BCUT2D eigenvalue weighted by Gasteiger charge is -2.27. The minimum absolute atomic E-state index is 0.114. The van der Waals surface area contributed by atoms with Crippen molar-refractivity contribution in [2.75, 3.05) is 27.2 Å². The first kappa shape index (κ1) is 24.3. The van der Waals surface area contributed by atoms with E-state index in [1.165, 1.54) is 11.3 Å². The van der Waals surface area contributed by atoms with Gasteiger partial charge in [-0.2, -0.15) is 0 Å². The molecule has 2 aromatic carbocycles. The summed E-state index contributed by atoms with van der Waals surface area (Å²) >= 11 is 4.73. The van der Waals surface area contributed by atoms with Crippen molar-refractivity contribution < 1.29 is 14.7 Å². The van der Waals surface area contributed by atoms with Gasteiger partial charge in [0.25, 0.3) is 5.91 Å². The molecule has 1 unspecified atom stereocenters. The molecule has 1 aliphatic rings. The molecule has 0 aliphatic carbocycles. The first-order valence-electron chi connectivity index (χ1n) is 11.0. The van der Waals surface area contributed by atoms with Crippen LogP contribution in [0.1, 0.15) is 33.4 Å². The predicted molar refractivity (Wildman–Crippen MR) is 138 cm³/mol. The molecule has 1 aromatic heterocycles. The van der Waals surface area contributed by atoms with Gasteiger partial charge in [0, 0.05) is 16.6 Å². The molecule has 0 bridgehead atoms. The number of ketones is 1. The van der Waals surface area contributed by atoms with E-state index in [9.17, 15) is 14.7 Å². The molecule has 4 rings (SSSR count). The number of hydrogen-bond acceptors (Lipinski definition) is 6. The van der Waals surface area contributed by atoms with Gasteiger partial charge in [-0.3, -0.25) is 9.59 Å². The van der Waals surface area contributed by atoms with Crippen LogP contribution in [0, 0.1) is 6.92 Å². The highest BCUT2D eigenvalue weighted by atomic mass is 79.9. The molecule has 1 amide bonds. The van der Waals surface area contributed by atoms with E-state index in [-0.39, 0.29) is 11.4 Å². The van der Waals surface area contributed by atoms with Crippen LogP contribution in [0.5, 0.6) is 0 Å². The van der Waals surface area contributed by atoms with Gasteiger partial charge in [-0.05, 0) is 51.7 Å². The van der Waals surface area contributed by atoms with Crippen LogP contribution >= 0.6 is 27.3 Å². The monoisotopic (exact) mass is 539 g/mol. The molecule has 176 valence electrons. The molecule has 2 heterocycles. The molecule has 6 nitrogen and oxygen atoms in total. The minimum Gasteiger partial charge on any atom is -0.503 e.